The van der Waals surface area contributed by atoms with Gasteiger partial charge in [-0.05, 0) is 40.7 Å². The van der Waals surface area contributed by atoms with E-state index < -0.39 is 10.0 Å². The Morgan fingerprint density at radius 2 is 2.28 bits per heavy atom. The van der Waals surface area contributed by atoms with Crippen LogP contribution in [0.4, 0.5) is 0 Å². The van der Waals surface area contributed by atoms with E-state index in [1.54, 1.807) is 18.4 Å². The largest absolute Gasteiger partial charge is 0.466 e. The van der Waals surface area contributed by atoms with Gasteiger partial charge in [0.1, 0.15) is 4.21 Å². The number of ether oxygens (including phenoxy) is 1. The highest BCUT2D eigenvalue weighted by molar-refractivity contribution is 9.10. The standard InChI is InChI=1S/C10H14BrNO4S2/c1-2-16-9(13)4-3-6-12-18(14,15)10-8(11)5-7-17-10/h5,7,12H,2-4,6H2,1H3. The van der Waals surface area contributed by atoms with Crippen molar-refractivity contribution in [2.24, 2.45) is 0 Å². The van der Waals surface area contributed by atoms with Gasteiger partial charge in [0.2, 0.25) is 0 Å². The minimum absolute atomic E-state index is 0.210. The topological polar surface area (TPSA) is 72.5 Å². The first-order chi connectivity index (χ1) is 8.47. The molecule has 0 aliphatic rings. The molecule has 0 saturated carbocycles. The van der Waals surface area contributed by atoms with Crippen LogP contribution >= 0.6 is 27.3 Å². The first kappa shape index (κ1) is 15.6. The van der Waals surface area contributed by atoms with Crippen LogP contribution in [0.25, 0.3) is 0 Å². The van der Waals surface area contributed by atoms with Crippen LogP contribution in [0.5, 0.6) is 0 Å². The fraction of sp³-hybridized carbons (Fsp3) is 0.500. The van der Waals surface area contributed by atoms with Crippen LogP contribution in [-0.4, -0.2) is 27.5 Å². The first-order valence-electron chi connectivity index (χ1n) is 5.35. The summed E-state index contributed by atoms with van der Waals surface area (Å²) in [7, 11) is -3.49. The summed E-state index contributed by atoms with van der Waals surface area (Å²) in [6.45, 7) is 2.28. The molecule has 0 bridgehead atoms. The molecule has 8 heteroatoms. The van der Waals surface area contributed by atoms with Crippen molar-refractivity contribution in [3.05, 3.63) is 15.9 Å². The number of hydrogen-bond donors (Lipinski definition) is 1. The molecular weight excluding hydrogens is 342 g/mol. The second kappa shape index (κ2) is 7.22. The number of hydrogen-bond acceptors (Lipinski definition) is 5. The molecule has 102 valence electrons. The van der Waals surface area contributed by atoms with Crippen LogP contribution in [0.3, 0.4) is 0 Å². The summed E-state index contributed by atoms with van der Waals surface area (Å²) in [6, 6.07) is 1.68. The number of carbonyl (C=O) groups is 1. The lowest BCUT2D eigenvalue weighted by molar-refractivity contribution is -0.143. The maximum atomic E-state index is 11.8. The Balaban J connectivity index is 2.40. The summed E-state index contributed by atoms with van der Waals surface area (Å²) in [4.78, 5) is 11.0. The number of rotatable bonds is 7. The summed E-state index contributed by atoms with van der Waals surface area (Å²) >= 11 is 4.31. The van der Waals surface area contributed by atoms with E-state index in [0.717, 1.165) is 11.3 Å². The van der Waals surface area contributed by atoms with Crippen LogP contribution in [0.15, 0.2) is 20.1 Å². The molecule has 0 radical (unpaired) electrons. The highest BCUT2D eigenvalue weighted by Crippen LogP contribution is 2.27. The molecule has 1 aromatic rings. The van der Waals surface area contributed by atoms with Crippen molar-refractivity contribution in [3.8, 4) is 0 Å². The van der Waals surface area contributed by atoms with Gasteiger partial charge in [-0.15, -0.1) is 11.3 Å². The molecule has 1 rings (SSSR count). The Morgan fingerprint density at radius 3 is 2.83 bits per heavy atom. The average Bonchev–Trinajstić information content (AvgIpc) is 2.72. The molecule has 0 aliphatic carbocycles. The lowest BCUT2D eigenvalue weighted by Crippen LogP contribution is -2.24. The molecule has 0 amide bonds. The Hall–Kier alpha value is -0.440. The summed E-state index contributed by atoms with van der Waals surface area (Å²) in [5.74, 6) is -0.311. The van der Waals surface area contributed by atoms with Gasteiger partial charge in [0.15, 0.2) is 0 Å². The second-order valence-corrected chi connectivity index (χ2v) is 7.10. The minimum atomic E-state index is -3.49. The monoisotopic (exact) mass is 355 g/mol. The predicted octanol–water partition coefficient (Wildman–Crippen LogP) is 2.13. The fourth-order valence-corrected chi connectivity index (χ4v) is 4.66. The highest BCUT2D eigenvalue weighted by Gasteiger charge is 2.18. The minimum Gasteiger partial charge on any atom is -0.466 e. The molecule has 0 atom stereocenters. The van der Waals surface area contributed by atoms with Gasteiger partial charge in [0.25, 0.3) is 10.0 Å². The van der Waals surface area contributed by atoms with Crippen molar-refractivity contribution in [1.29, 1.82) is 0 Å². The van der Waals surface area contributed by atoms with Gasteiger partial charge >= 0.3 is 5.97 Å². The maximum absolute atomic E-state index is 11.8. The van der Waals surface area contributed by atoms with Crippen LogP contribution < -0.4 is 4.72 Å². The zero-order valence-corrected chi connectivity index (χ0v) is 13.0. The van der Waals surface area contributed by atoms with E-state index in [2.05, 4.69) is 20.7 Å². The lowest BCUT2D eigenvalue weighted by atomic mass is 10.3. The SMILES string of the molecule is CCOC(=O)CCCNS(=O)(=O)c1sccc1Br. The molecule has 0 saturated heterocycles. The van der Waals surface area contributed by atoms with Crippen LogP contribution in [0.1, 0.15) is 19.8 Å². The van der Waals surface area contributed by atoms with E-state index in [9.17, 15) is 13.2 Å². The summed E-state index contributed by atoms with van der Waals surface area (Å²) in [6.07, 6.45) is 0.628. The maximum Gasteiger partial charge on any atom is 0.305 e. The molecular formula is C10H14BrNO4S2. The van der Waals surface area contributed by atoms with Crippen LogP contribution in [0.2, 0.25) is 0 Å². The molecule has 0 unspecified atom stereocenters. The van der Waals surface area contributed by atoms with E-state index in [1.165, 1.54) is 0 Å². The van der Waals surface area contributed by atoms with E-state index in [1.807, 2.05) is 0 Å². The van der Waals surface area contributed by atoms with Crippen LogP contribution in [0, 0.1) is 0 Å². The van der Waals surface area contributed by atoms with Gasteiger partial charge < -0.3 is 4.74 Å². The zero-order valence-electron chi connectivity index (χ0n) is 9.81. The van der Waals surface area contributed by atoms with Crippen LogP contribution in [-0.2, 0) is 19.6 Å². The van der Waals surface area contributed by atoms with E-state index >= 15 is 0 Å². The average molecular weight is 356 g/mol. The predicted molar refractivity (Wildman–Crippen MR) is 73.1 cm³/mol. The molecule has 0 spiro atoms. The molecule has 1 heterocycles. The van der Waals surface area contributed by atoms with Gasteiger partial charge in [-0.3, -0.25) is 4.79 Å². The Morgan fingerprint density at radius 1 is 1.56 bits per heavy atom. The van der Waals surface area contributed by atoms with Crippen molar-refractivity contribution in [2.45, 2.75) is 24.0 Å². The quantitative estimate of drug-likeness (QED) is 0.600. The smallest absolute Gasteiger partial charge is 0.305 e. The second-order valence-electron chi connectivity index (χ2n) is 3.36. The number of halogens is 1. The third-order valence-corrected chi connectivity index (χ3v) is 6.11. The van der Waals surface area contributed by atoms with Gasteiger partial charge in [0.05, 0.1) is 6.61 Å². The fourth-order valence-electron chi connectivity index (χ4n) is 1.21. The van der Waals surface area contributed by atoms with Crippen molar-refractivity contribution in [3.63, 3.8) is 0 Å². The van der Waals surface area contributed by atoms with Crippen molar-refractivity contribution < 1.29 is 17.9 Å². The van der Waals surface area contributed by atoms with Crippen molar-refractivity contribution >= 4 is 43.3 Å². The summed E-state index contributed by atoms with van der Waals surface area (Å²) in [5.41, 5.74) is 0. The molecule has 18 heavy (non-hydrogen) atoms. The van der Waals surface area contributed by atoms with Gasteiger partial charge in [-0.1, -0.05) is 0 Å². The molecule has 0 aliphatic heterocycles. The van der Waals surface area contributed by atoms with Crippen molar-refractivity contribution in [1.82, 2.24) is 4.72 Å². The third kappa shape index (κ3) is 4.68. The summed E-state index contributed by atoms with van der Waals surface area (Å²) < 4.78 is 31.7. The molecule has 1 N–H and O–H groups in total. The highest BCUT2D eigenvalue weighted by atomic mass is 79.9. The Labute approximate surface area is 119 Å². The molecule has 0 fully saturated rings. The first-order valence-corrected chi connectivity index (χ1v) is 8.51. The van der Waals surface area contributed by atoms with Crippen molar-refractivity contribution in [2.75, 3.05) is 13.2 Å². The number of nitrogens with one attached hydrogen (secondary N) is 1. The zero-order chi connectivity index (χ0) is 13.6. The summed E-state index contributed by atoms with van der Waals surface area (Å²) in [5, 5.41) is 1.69. The Kier molecular flexibility index (Phi) is 6.27. The number of thiophene rings is 1. The Bertz CT molecular complexity index is 498. The van der Waals surface area contributed by atoms with Gasteiger partial charge in [-0.2, -0.15) is 0 Å². The normalized spacial score (nSPS) is 11.4. The van der Waals surface area contributed by atoms with E-state index in [-0.39, 0.29) is 23.1 Å². The number of esters is 1. The van der Waals surface area contributed by atoms with Gasteiger partial charge in [-0.25, -0.2) is 13.1 Å². The van der Waals surface area contributed by atoms with E-state index in [0.29, 0.717) is 17.5 Å². The molecule has 5 nitrogen and oxygen atoms in total. The van der Waals surface area contributed by atoms with E-state index in [4.69, 9.17) is 4.74 Å². The number of sulfonamides is 1. The molecule has 0 aromatic carbocycles. The third-order valence-electron chi connectivity index (χ3n) is 1.98. The number of carbonyl (C=O) groups excluding carboxylic acids is 1. The molecule has 1 aromatic heterocycles. The lowest BCUT2D eigenvalue weighted by Gasteiger charge is -2.05. The van der Waals surface area contributed by atoms with Gasteiger partial charge in [0, 0.05) is 17.4 Å².